The Hall–Kier alpha value is -1.19. The first-order valence-electron chi connectivity index (χ1n) is 4.37. The smallest absolute Gasteiger partial charge is 0.427 e. The fraction of sp³-hybridized carbons (Fsp3) is 0.857. The highest BCUT2D eigenvalue weighted by atomic mass is 19.4. The van der Waals surface area contributed by atoms with Gasteiger partial charge in [-0.15, -0.1) is 0 Å². The van der Waals surface area contributed by atoms with E-state index in [0.29, 0.717) is 0 Å². The van der Waals surface area contributed by atoms with Gasteiger partial charge >= 0.3 is 18.4 Å². The molecule has 17 heavy (non-hydrogen) atoms. The highest BCUT2D eigenvalue weighted by molar-refractivity contribution is 5.67. The molecular weight excluding hydrogens is 258 g/mol. The van der Waals surface area contributed by atoms with Crippen LogP contribution in [0.4, 0.5) is 31.1 Å². The Bertz CT molecular complexity index is 238. The number of alkyl halides is 6. The molecule has 0 atom stereocenters. The molecular formula is C7H10F6N2O2. The summed E-state index contributed by atoms with van der Waals surface area (Å²) >= 11 is 0. The molecule has 0 saturated heterocycles. The van der Waals surface area contributed by atoms with Crippen LogP contribution in [0.1, 0.15) is 6.42 Å². The Morgan fingerprint density at radius 3 is 2.00 bits per heavy atom. The number of amides is 1. The van der Waals surface area contributed by atoms with Crippen LogP contribution in [0.25, 0.3) is 0 Å². The minimum Gasteiger partial charge on any atom is -0.427 e. The van der Waals surface area contributed by atoms with Crippen LogP contribution in [0, 0.1) is 0 Å². The molecule has 0 aromatic rings. The average Bonchev–Trinajstić information content (AvgIpc) is 2.11. The van der Waals surface area contributed by atoms with Crippen LogP contribution in [-0.4, -0.2) is 37.6 Å². The summed E-state index contributed by atoms with van der Waals surface area (Å²) in [6.07, 6.45) is -17.1. The fourth-order valence-electron chi connectivity index (χ4n) is 0.760. The first-order valence-corrected chi connectivity index (χ1v) is 4.37. The molecule has 0 heterocycles. The molecule has 0 rings (SSSR count). The van der Waals surface area contributed by atoms with Gasteiger partial charge in [0.1, 0.15) is 0 Å². The van der Waals surface area contributed by atoms with Crippen molar-refractivity contribution in [3.05, 3.63) is 0 Å². The van der Waals surface area contributed by atoms with E-state index in [4.69, 9.17) is 5.73 Å². The SMILES string of the molecule is NCCCNC(=O)OC(C(F)(F)F)C(F)(F)F. The summed E-state index contributed by atoms with van der Waals surface area (Å²) in [5.74, 6) is 0. The third-order valence-electron chi connectivity index (χ3n) is 1.47. The number of carbonyl (C=O) groups excluding carboxylic acids is 1. The Kier molecular flexibility index (Phi) is 5.52. The van der Waals surface area contributed by atoms with Gasteiger partial charge in [-0.1, -0.05) is 0 Å². The van der Waals surface area contributed by atoms with E-state index in [1.54, 1.807) is 5.32 Å². The minimum absolute atomic E-state index is 0.127. The van der Waals surface area contributed by atoms with Gasteiger partial charge in [-0.25, -0.2) is 4.79 Å². The maximum atomic E-state index is 11.9. The van der Waals surface area contributed by atoms with Crippen LogP contribution in [0.2, 0.25) is 0 Å². The number of nitrogens with one attached hydrogen (secondary N) is 1. The largest absolute Gasteiger partial charge is 0.434 e. The second-order valence-corrected chi connectivity index (χ2v) is 2.94. The molecule has 0 saturated carbocycles. The summed E-state index contributed by atoms with van der Waals surface area (Å²) in [5.41, 5.74) is 5.00. The molecule has 1 amide bonds. The lowest BCUT2D eigenvalue weighted by Crippen LogP contribution is -2.47. The molecule has 102 valence electrons. The van der Waals surface area contributed by atoms with Gasteiger partial charge in [-0.2, -0.15) is 26.3 Å². The standard InChI is InChI=1S/C7H10F6N2O2/c8-6(9,10)4(7(11,12)13)17-5(16)15-3-1-2-14/h4H,1-3,14H2,(H,15,16). The zero-order valence-corrected chi connectivity index (χ0v) is 8.36. The summed E-state index contributed by atoms with van der Waals surface area (Å²) in [4.78, 5) is 10.6. The summed E-state index contributed by atoms with van der Waals surface area (Å²) < 4.78 is 74.8. The van der Waals surface area contributed by atoms with E-state index in [1.807, 2.05) is 0 Å². The van der Waals surface area contributed by atoms with E-state index >= 15 is 0 Å². The zero-order valence-electron chi connectivity index (χ0n) is 8.36. The Morgan fingerprint density at radius 1 is 1.18 bits per heavy atom. The quantitative estimate of drug-likeness (QED) is 0.600. The predicted octanol–water partition coefficient (Wildman–Crippen LogP) is 1.55. The molecule has 10 heteroatoms. The van der Waals surface area contributed by atoms with Gasteiger partial charge in [-0.05, 0) is 13.0 Å². The summed E-state index contributed by atoms with van der Waals surface area (Å²) in [7, 11) is 0. The molecule has 0 aliphatic heterocycles. The van der Waals surface area contributed by atoms with Crippen LogP contribution in [0.3, 0.4) is 0 Å². The van der Waals surface area contributed by atoms with Gasteiger partial charge in [0, 0.05) is 6.54 Å². The average molecular weight is 268 g/mol. The van der Waals surface area contributed by atoms with Crippen molar-refractivity contribution >= 4 is 6.09 Å². The first kappa shape index (κ1) is 15.8. The number of rotatable bonds is 4. The maximum Gasteiger partial charge on any atom is 0.434 e. The normalized spacial score (nSPS) is 12.7. The van der Waals surface area contributed by atoms with Crippen LogP contribution in [-0.2, 0) is 4.74 Å². The third kappa shape index (κ3) is 6.19. The molecule has 0 aliphatic carbocycles. The molecule has 0 spiro atoms. The van der Waals surface area contributed by atoms with Crippen LogP contribution in [0.15, 0.2) is 0 Å². The van der Waals surface area contributed by atoms with Crippen LogP contribution < -0.4 is 11.1 Å². The van der Waals surface area contributed by atoms with E-state index in [0.717, 1.165) is 0 Å². The van der Waals surface area contributed by atoms with Crippen molar-refractivity contribution in [2.24, 2.45) is 5.73 Å². The molecule has 0 bridgehead atoms. The highest BCUT2D eigenvalue weighted by Gasteiger charge is 2.59. The lowest BCUT2D eigenvalue weighted by molar-refractivity contribution is -0.306. The molecule has 3 N–H and O–H groups in total. The lowest BCUT2D eigenvalue weighted by Gasteiger charge is -2.22. The molecule has 0 unspecified atom stereocenters. The van der Waals surface area contributed by atoms with E-state index in [1.165, 1.54) is 0 Å². The zero-order chi connectivity index (χ0) is 13.7. The second-order valence-electron chi connectivity index (χ2n) is 2.94. The van der Waals surface area contributed by atoms with Crippen molar-refractivity contribution in [1.29, 1.82) is 0 Å². The summed E-state index contributed by atoms with van der Waals surface area (Å²) in [5, 5.41) is 1.72. The third-order valence-corrected chi connectivity index (χ3v) is 1.47. The summed E-state index contributed by atoms with van der Waals surface area (Å²) in [6, 6.07) is 0. The number of hydrogen-bond donors (Lipinski definition) is 2. The van der Waals surface area contributed by atoms with Crippen LogP contribution in [0.5, 0.6) is 0 Å². The lowest BCUT2D eigenvalue weighted by atomic mass is 10.3. The molecule has 0 fully saturated rings. The van der Waals surface area contributed by atoms with Gasteiger partial charge in [0.15, 0.2) is 0 Å². The van der Waals surface area contributed by atoms with Crippen LogP contribution >= 0.6 is 0 Å². The topological polar surface area (TPSA) is 64.3 Å². The summed E-state index contributed by atoms with van der Waals surface area (Å²) in [6.45, 7) is -0.0416. The van der Waals surface area contributed by atoms with E-state index in [-0.39, 0.29) is 19.5 Å². The molecule has 0 aliphatic rings. The van der Waals surface area contributed by atoms with Gasteiger partial charge in [0.25, 0.3) is 6.10 Å². The van der Waals surface area contributed by atoms with Gasteiger partial charge in [0.05, 0.1) is 0 Å². The fourth-order valence-corrected chi connectivity index (χ4v) is 0.760. The molecule has 0 radical (unpaired) electrons. The van der Waals surface area contributed by atoms with Gasteiger partial charge in [0.2, 0.25) is 0 Å². The maximum absolute atomic E-state index is 11.9. The predicted molar refractivity (Wildman–Crippen MR) is 44.1 cm³/mol. The van der Waals surface area contributed by atoms with Crippen molar-refractivity contribution in [2.75, 3.05) is 13.1 Å². The van der Waals surface area contributed by atoms with Crippen molar-refractivity contribution < 1.29 is 35.9 Å². The van der Waals surface area contributed by atoms with E-state index in [2.05, 4.69) is 4.74 Å². The number of carbonyl (C=O) groups is 1. The second kappa shape index (κ2) is 5.94. The Balaban J connectivity index is 4.41. The number of hydrogen-bond acceptors (Lipinski definition) is 3. The van der Waals surface area contributed by atoms with E-state index in [9.17, 15) is 31.1 Å². The van der Waals surface area contributed by atoms with Gasteiger partial charge < -0.3 is 15.8 Å². The Labute approximate surface area is 92.1 Å². The Morgan fingerprint density at radius 2 is 1.65 bits per heavy atom. The van der Waals surface area contributed by atoms with Crippen molar-refractivity contribution in [2.45, 2.75) is 24.9 Å². The van der Waals surface area contributed by atoms with Crippen molar-refractivity contribution in [3.63, 3.8) is 0 Å². The number of ether oxygens (including phenoxy) is 1. The minimum atomic E-state index is -5.70. The van der Waals surface area contributed by atoms with Crippen molar-refractivity contribution in [3.8, 4) is 0 Å². The molecule has 0 aromatic heterocycles. The van der Waals surface area contributed by atoms with E-state index < -0.39 is 24.5 Å². The number of nitrogens with two attached hydrogens (primary N) is 1. The first-order chi connectivity index (χ1) is 7.59. The van der Waals surface area contributed by atoms with Gasteiger partial charge in [-0.3, -0.25) is 0 Å². The van der Waals surface area contributed by atoms with Crippen molar-refractivity contribution in [1.82, 2.24) is 5.32 Å². The highest BCUT2D eigenvalue weighted by Crippen LogP contribution is 2.35. The molecule has 0 aromatic carbocycles. The number of alkyl carbamates (subject to hydrolysis) is 1. The monoisotopic (exact) mass is 268 g/mol. The number of halogens is 6. The molecule has 4 nitrogen and oxygen atoms in total.